The lowest BCUT2D eigenvalue weighted by atomic mass is 9.76. The predicted molar refractivity (Wildman–Crippen MR) is 80.9 cm³/mol. The second-order valence-electron chi connectivity index (χ2n) is 6.22. The molecule has 1 aromatic rings. The van der Waals surface area contributed by atoms with E-state index in [2.05, 4.69) is 12.2 Å². The molecule has 0 radical (unpaired) electrons. The third kappa shape index (κ3) is 4.30. The van der Waals surface area contributed by atoms with E-state index in [1.807, 2.05) is 12.1 Å². The molecule has 1 aromatic carbocycles. The number of rotatable bonds is 6. The van der Waals surface area contributed by atoms with Gasteiger partial charge in [0.05, 0.1) is 4.92 Å². The quantitative estimate of drug-likeness (QED) is 0.489. The Balaban J connectivity index is 1.71. The minimum absolute atomic E-state index is 0.163. The lowest BCUT2D eigenvalue weighted by Crippen LogP contribution is -2.34. The smallest absolute Gasteiger partial charge is 0.269 e. The van der Waals surface area contributed by atoms with Crippen molar-refractivity contribution in [1.29, 1.82) is 0 Å². The molecular weight excluding hydrogens is 252 g/mol. The van der Waals surface area contributed by atoms with E-state index >= 15 is 0 Å². The SMILES string of the molecule is CC1(CNCCc2ccc([N+](=O)[O-])cc2)CCCCC1. The summed E-state index contributed by atoms with van der Waals surface area (Å²) in [5.74, 6) is 0. The molecule has 0 bridgehead atoms. The first-order valence-electron chi connectivity index (χ1n) is 7.53. The van der Waals surface area contributed by atoms with Crippen molar-refractivity contribution in [3.05, 3.63) is 39.9 Å². The van der Waals surface area contributed by atoms with Crippen LogP contribution in [0, 0.1) is 15.5 Å². The molecule has 1 aliphatic rings. The molecule has 20 heavy (non-hydrogen) atoms. The van der Waals surface area contributed by atoms with Gasteiger partial charge in [0.1, 0.15) is 0 Å². The van der Waals surface area contributed by atoms with Gasteiger partial charge in [0.2, 0.25) is 0 Å². The summed E-state index contributed by atoms with van der Waals surface area (Å²) >= 11 is 0. The van der Waals surface area contributed by atoms with E-state index in [-0.39, 0.29) is 10.6 Å². The van der Waals surface area contributed by atoms with Crippen molar-refractivity contribution in [2.45, 2.75) is 45.4 Å². The molecule has 2 rings (SSSR count). The molecule has 4 heteroatoms. The minimum atomic E-state index is -0.355. The maximum Gasteiger partial charge on any atom is 0.269 e. The van der Waals surface area contributed by atoms with Gasteiger partial charge in [0.15, 0.2) is 0 Å². The van der Waals surface area contributed by atoms with Gasteiger partial charge in [-0.15, -0.1) is 0 Å². The monoisotopic (exact) mass is 276 g/mol. The van der Waals surface area contributed by atoms with Crippen LogP contribution >= 0.6 is 0 Å². The molecule has 0 amide bonds. The Morgan fingerprint density at radius 1 is 1.20 bits per heavy atom. The van der Waals surface area contributed by atoms with Crippen LogP contribution in [0.5, 0.6) is 0 Å². The highest BCUT2D eigenvalue weighted by Gasteiger charge is 2.25. The van der Waals surface area contributed by atoms with Crippen LogP contribution in [0.1, 0.15) is 44.6 Å². The highest BCUT2D eigenvalue weighted by molar-refractivity contribution is 5.32. The van der Waals surface area contributed by atoms with E-state index in [9.17, 15) is 10.1 Å². The highest BCUT2D eigenvalue weighted by atomic mass is 16.6. The van der Waals surface area contributed by atoms with Crippen molar-refractivity contribution >= 4 is 5.69 Å². The first-order valence-corrected chi connectivity index (χ1v) is 7.53. The summed E-state index contributed by atoms with van der Waals surface area (Å²) in [6, 6.07) is 6.86. The van der Waals surface area contributed by atoms with Crippen molar-refractivity contribution in [2.24, 2.45) is 5.41 Å². The highest BCUT2D eigenvalue weighted by Crippen LogP contribution is 2.34. The maximum atomic E-state index is 10.6. The zero-order valence-corrected chi connectivity index (χ0v) is 12.2. The second-order valence-corrected chi connectivity index (χ2v) is 6.22. The van der Waals surface area contributed by atoms with Crippen molar-refractivity contribution in [1.82, 2.24) is 5.32 Å². The van der Waals surface area contributed by atoms with E-state index < -0.39 is 0 Å². The number of nitro groups is 1. The summed E-state index contributed by atoms with van der Waals surface area (Å²) < 4.78 is 0. The van der Waals surface area contributed by atoms with Gasteiger partial charge in [-0.3, -0.25) is 10.1 Å². The molecule has 4 nitrogen and oxygen atoms in total. The fourth-order valence-corrected chi connectivity index (χ4v) is 2.99. The lowest BCUT2D eigenvalue weighted by Gasteiger charge is -2.33. The molecule has 1 aliphatic carbocycles. The Bertz CT molecular complexity index is 436. The van der Waals surface area contributed by atoms with E-state index in [0.717, 1.165) is 25.1 Å². The summed E-state index contributed by atoms with van der Waals surface area (Å²) in [5, 5.41) is 14.1. The number of hydrogen-bond donors (Lipinski definition) is 1. The molecule has 110 valence electrons. The fraction of sp³-hybridized carbons (Fsp3) is 0.625. The number of non-ortho nitro benzene ring substituents is 1. The van der Waals surface area contributed by atoms with Crippen LogP contribution in [0.25, 0.3) is 0 Å². The number of nitrogens with one attached hydrogen (secondary N) is 1. The first kappa shape index (κ1) is 15.0. The van der Waals surface area contributed by atoms with Gasteiger partial charge in [-0.25, -0.2) is 0 Å². The maximum absolute atomic E-state index is 10.6. The molecule has 0 saturated heterocycles. The summed E-state index contributed by atoms with van der Waals surface area (Å²) in [4.78, 5) is 10.2. The lowest BCUT2D eigenvalue weighted by molar-refractivity contribution is -0.384. The Morgan fingerprint density at radius 3 is 2.45 bits per heavy atom. The van der Waals surface area contributed by atoms with Crippen LogP contribution in [0.15, 0.2) is 24.3 Å². The van der Waals surface area contributed by atoms with Crippen LogP contribution < -0.4 is 5.32 Å². The standard InChI is InChI=1S/C16H24N2O2/c1-16(10-3-2-4-11-16)13-17-12-9-14-5-7-15(8-6-14)18(19)20/h5-8,17H,2-4,9-13H2,1H3. The average Bonchev–Trinajstić information content (AvgIpc) is 2.45. The zero-order valence-electron chi connectivity index (χ0n) is 12.2. The van der Waals surface area contributed by atoms with Crippen LogP contribution in [0.2, 0.25) is 0 Å². The zero-order chi connectivity index (χ0) is 14.4. The first-order chi connectivity index (χ1) is 9.59. The summed E-state index contributed by atoms with van der Waals surface area (Å²) in [7, 11) is 0. The normalized spacial score (nSPS) is 17.9. The van der Waals surface area contributed by atoms with Crippen molar-refractivity contribution in [2.75, 3.05) is 13.1 Å². The Labute approximate surface area is 120 Å². The van der Waals surface area contributed by atoms with Gasteiger partial charge in [-0.05, 0) is 36.8 Å². The van der Waals surface area contributed by atoms with Crippen molar-refractivity contribution in [3.8, 4) is 0 Å². The summed E-state index contributed by atoms with van der Waals surface area (Å²) in [5.41, 5.74) is 1.78. The number of benzene rings is 1. The largest absolute Gasteiger partial charge is 0.316 e. The van der Waals surface area contributed by atoms with Crippen molar-refractivity contribution < 1.29 is 4.92 Å². The van der Waals surface area contributed by atoms with Crippen LogP contribution in [0.3, 0.4) is 0 Å². The molecule has 1 N–H and O–H groups in total. The Kier molecular flexibility index (Phi) is 5.12. The molecule has 0 spiro atoms. The molecule has 1 saturated carbocycles. The number of nitro benzene ring substituents is 1. The minimum Gasteiger partial charge on any atom is -0.316 e. The molecule has 1 fully saturated rings. The van der Waals surface area contributed by atoms with Gasteiger partial charge in [0, 0.05) is 18.7 Å². The molecule has 0 heterocycles. The van der Waals surface area contributed by atoms with Crippen LogP contribution in [0.4, 0.5) is 5.69 Å². The average molecular weight is 276 g/mol. The fourth-order valence-electron chi connectivity index (χ4n) is 2.99. The number of nitrogens with zero attached hydrogens (tertiary/aromatic N) is 1. The van der Waals surface area contributed by atoms with Gasteiger partial charge >= 0.3 is 0 Å². The molecule has 0 aromatic heterocycles. The van der Waals surface area contributed by atoms with E-state index in [1.165, 1.54) is 32.1 Å². The molecular formula is C16H24N2O2. The Morgan fingerprint density at radius 2 is 1.85 bits per heavy atom. The molecule has 0 unspecified atom stereocenters. The van der Waals surface area contributed by atoms with Gasteiger partial charge in [-0.2, -0.15) is 0 Å². The van der Waals surface area contributed by atoms with Crippen molar-refractivity contribution in [3.63, 3.8) is 0 Å². The second kappa shape index (κ2) is 6.84. The topological polar surface area (TPSA) is 55.2 Å². The summed E-state index contributed by atoms with van der Waals surface area (Å²) in [6.45, 7) is 4.40. The van der Waals surface area contributed by atoms with Gasteiger partial charge < -0.3 is 5.32 Å². The third-order valence-corrected chi connectivity index (χ3v) is 4.35. The van der Waals surface area contributed by atoms with E-state index in [0.29, 0.717) is 5.41 Å². The molecule has 0 atom stereocenters. The Hall–Kier alpha value is -1.42. The summed E-state index contributed by atoms with van der Waals surface area (Å²) in [6.07, 6.45) is 7.70. The predicted octanol–water partition coefficient (Wildman–Crippen LogP) is 3.70. The molecule has 0 aliphatic heterocycles. The van der Waals surface area contributed by atoms with E-state index in [1.54, 1.807) is 12.1 Å². The van der Waals surface area contributed by atoms with Gasteiger partial charge in [0.25, 0.3) is 5.69 Å². The van der Waals surface area contributed by atoms with Crippen LogP contribution in [-0.2, 0) is 6.42 Å². The third-order valence-electron chi connectivity index (χ3n) is 4.35. The van der Waals surface area contributed by atoms with Gasteiger partial charge in [-0.1, -0.05) is 38.3 Å². The van der Waals surface area contributed by atoms with Crippen LogP contribution in [-0.4, -0.2) is 18.0 Å². The number of hydrogen-bond acceptors (Lipinski definition) is 3. The van der Waals surface area contributed by atoms with E-state index in [4.69, 9.17) is 0 Å².